The summed E-state index contributed by atoms with van der Waals surface area (Å²) in [6.45, 7) is 5.38. The number of ether oxygens (including phenoxy) is 1. The van der Waals surface area contributed by atoms with Gasteiger partial charge in [-0.1, -0.05) is 6.42 Å². The summed E-state index contributed by atoms with van der Waals surface area (Å²) in [4.78, 5) is 29.2. The van der Waals surface area contributed by atoms with Gasteiger partial charge in [-0.2, -0.15) is 0 Å². The Morgan fingerprint density at radius 3 is 2.75 bits per heavy atom. The van der Waals surface area contributed by atoms with Crippen molar-refractivity contribution in [1.82, 2.24) is 4.90 Å². The lowest BCUT2D eigenvalue weighted by atomic mass is 10.1. The van der Waals surface area contributed by atoms with Gasteiger partial charge in [0.05, 0.1) is 12.0 Å². The highest BCUT2D eigenvalue weighted by molar-refractivity contribution is 6.04. The van der Waals surface area contributed by atoms with Crippen LogP contribution >= 0.6 is 0 Å². The van der Waals surface area contributed by atoms with Crippen LogP contribution in [0.2, 0.25) is 0 Å². The van der Waals surface area contributed by atoms with Crippen molar-refractivity contribution in [3.8, 4) is 5.75 Å². The Morgan fingerprint density at radius 1 is 1.18 bits per heavy atom. The van der Waals surface area contributed by atoms with Crippen molar-refractivity contribution < 1.29 is 18.7 Å². The predicted molar refractivity (Wildman–Crippen MR) is 106 cm³/mol. The minimum Gasteiger partial charge on any atom is -0.479 e. The highest BCUT2D eigenvalue weighted by Crippen LogP contribution is 2.36. The van der Waals surface area contributed by atoms with Crippen molar-refractivity contribution in [3.63, 3.8) is 0 Å². The van der Waals surface area contributed by atoms with Gasteiger partial charge in [-0.25, -0.2) is 0 Å². The van der Waals surface area contributed by atoms with Gasteiger partial charge in [-0.05, 0) is 63.2 Å². The van der Waals surface area contributed by atoms with E-state index in [2.05, 4.69) is 10.2 Å². The topological polar surface area (TPSA) is 75.0 Å². The second kappa shape index (κ2) is 8.06. The Kier molecular flexibility index (Phi) is 5.34. The van der Waals surface area contributed by atoms with E-state index < -0.39 is 6.10 Å². The number of carbonyl (C=O) groups is 2. The number of hydrogen-bond donors (Lipinski definition) is 1. The quantitative estimate of drug-likeness (QED) is 0.859. The molecule has 0 radical (unpaired) electrons. The average molecular weight is 383 g/mol. The lowest BCUT2D eigenvalue weighted by Gasteiger charge is -2.35. The molecule has 1 N–H and O–H groups in total. The van der Waals surface area contributed by atoms with Crippen LogP contribution in [0.15, 0.2) is 41.0 Å². The first-order valence-electron chi connectivity index (χ1n) is 9.81. The Labute approximate surface area is 164 Å². The Bertz CT molecular complexity index is 843. The Hall–Kier alpha value is -2.80. The molecular formula is C21H25N3O4. The van der Waals surface area contributed by atoms with Crippen molar-refractivity contribution in [2.45, 2.75) is 32.3 Å². The van der Waals surface area contributed by atoms with Gasteiger partial charge in [-0.15, -0.1) is 0 Å². The van der Waals surface area contributed by atoms with Crippen molar-refractivity contribution >= 4 is 23.2 Å². The summed E-state index contributed by atoms with van der Waals surface area (Å²) in [5, 5.41) is 2.81. The molecule has 0 saturated carbocycles. The summed E-state index contributed by atoms with van der Waals surface area (Å²) >= 11 is 0. The van der Waals surface area contributed by atoms with Gasteiger partial charge < -0.3 is 24.3 Å². The second-order valence-corrected chi connectivity index (χ2v) is 7.27. The molecule has 7 heteroatoms. The molecule has 2 aliphatic rings. The van der Waals surface area contributed by atoms with Gasteiger partial charge >= 0.3 is 0 Å². The molecule has 3 heterocycles. The molecule has 1 aromatic carbocycles. The zero-order valence-corrected chi connectivity index (χ0v) is 16.0. The molecule has 1 unspecified atom stereocenters. The van der Waals surface area contributed by atoms with Crippen LogP contribution in [0.25, 0.3) is 0 Å². The second-order valence-electron chi connectivity index (χ2n) is 7.27. The molecular weight excluding hydrogens is 358 g/mol. The number of benzene rings is 1. The van der Waals surface area contributed by atoms with E-state index in [1.807, 2.05) is 0 Å². The third kappa shape index (κ3) is 3.89. The molecule has 1 atom stereocenters. The SMILES string of the molecule is CC1Oc2ccc(NC(=O)c3ccco3)cc2N(CCN2CCCCC2)C1=O. The average Bonchev–Trinajstić information content (AvgIpc) is 3.25. The number of carbonyl (C=O) groups excluding carboxylic acids is 2. The molecule has 2 aromatic rings. The summed E-state index contributed by atoms with van der Waals surface area (Å²) < 4.78 is 10.9. The van der Waals surface area contributed by atoms with Gasteiger partial charge in [0.15, 0.2) is 11.9 Å². The van der Waals surface area contributed by atoms with Crippen molar-refractivity contribution in [3.05, 3.63) is 42.4 Å². The van der Waals surface area contributed by atoms with Crippen LogP contribution in [-0.2, 0) is 4.79 Å². The standard InChI is InChI=1S/C21H25N3O4/c1-15-21(26)24(12-11-23-9-3-2-4-10-23)17-14-16(7-8-18(17)28-15)22-20(25)19-6-5-13-27-19/h5-8,13-15H,2-4,9-12H2,1H3,(H,22,25). The molecule has 1 saturated heterocycles. The molecule has 148 valence electrons. The van der Waals surface area contributed by atoms with Crippen LogP contribution in [-0.4, -0.2) is 49.0 Å². The number of rotatable bonds is 5. The summed E-state index contributed by atoms with van der Waals surface area (Å²) in [6.07, 6.45) is 4.65. The minimum atomic E-state index is -0.516. The Balaban J connectivity index is 1.52. The predicted octanol–water partition coefficient (Wildman–Crippen LogP) is 3.13. The van der Waals surface area contributed by atoms with Crippen LogP contribution in [0.3, 0.4) is 0 Å². The third-order valence-corrected chi connectivity index (χ3v) is 5.26. The highest BCUT2D eigenvalue weighted by Gasteiger charge is 2.32. The van der Waals surface area contributed by atoms with E-state index in [1.54, 1.807) is 42.2 Å². The third-order valence-electron chi connectivity index (χ3n) is 5.26. The maximum Gasteiger partial charge on any atom is 0.291 e. The first-order valence-corrected chi connectivity index (χ1v) is 9.81. The van der Waals surface area contributed by atoms with Gasteiger partial charge in [0.25, 0.3) is 11.8 Å². The van der Waals surface area contributed by atoms with Crippen LogP contribution in [0.5, 0.6) is 5.75 Å². The molecule has 2 aliphatic heterocycles. The number of amides is 2. The number of fused-ring (bicyclic) bond motifs is 1. The highest BCUT2D eigenvalue weighted by atomic mass is 16.5. The largest absolute Gasteiger partial charge is 0.479 e. The molecule has 0 spiro atoms. The number of nitrogens with one attached hydrogen (secondary N) is 1. The number of anilines is 2. The number of furan rings is 1. The summed E-state index contributed by atoms with van der Waals surface area (Å²) in [7, 11) is 0. The Morgan fingerprint density at radius 2 is 2.00 bits per heavy atom. The molecule has 2 amide bonds. The van der Waals surface area contributed by atoms with E-state index in [-0.39, 0.29) is 17.6 Å². The molecule has 1 aromatic heterocycles. The molecule has 4 rings (SSSR count). The summed E-state index contributed by atoms with van der Waals surface area (Å²) in [5.41, 5.74) is 1.28. The maximum atomic E-state index is 12.8. The maximum absolute atomic E-state index is 12.8. The van der Waals surface area contributed by atoms with Crippen molar-refractivity contribution in [1.29, 1.82) is 0 Å². The molecule has 7 nitrogen and oxygen atoms in total. The number of hydrogen-bond acceptors (Lipinski definition) is 5. The molecule has 1 fully saturated rings. The minimum absolute atomic E-state index is 0.0565. The number of nitrogens with zero attached hydrogens (tertiary/aromatic N) is 2. The normalized spacial score (nSPS) is 19.8. The molecule has 0 bridgehead atoms. The first-order chi connectivity index (χ1) is 13.6. The van der Waals surface area contributed by atoms with E-state index in [1.165, 1.54) is 25.5 Å². The fourth-order valence-corrected chi connectivity index (χ4v) is 3.74. The lowest BCUT2D eigenvalue weighted by molar-refractivity contribution is -0.125. The lowest BCUT2D eigenvalue weighted by Crippen LogP contribution is -2.48. The van der Waals surface area contributed by atoms with Crippen molar-refractivity contribution in [2.75, 3.05) is 36.4 Å². The van der Waals surface area contributed by atoms with Crippen LogP contribution in [0, 0.1) is 0 Å². The van der Waals surface area contributed by atoms with Gasteiger partial charge in [0.1, 0.15) is 5.75 Å². The van der Waals surface area contributed by atoms with Crippen LogP contribution < -0.4 is 15.0 Å². The zero-order valence-electron chi connectivity index (χ0n) is 16.0. The van der Waals surface area contributed by atoms with Gasteiger partial charge in [0.2, 0.25) is 0 Å². The zero-order chi connectivity index (χ0) is 19.5. The fraction of sp³-hybridized carbons (Fsp3) is 0.429. The molecule has 0 aliphatic carbocycles. The van der Waals surface area contributed by atoms with E-state index in [0.29, 0.717) is 23.7 Å². The van der Waals surface area contributed by atoms with E-state index in [4.69, 9.17) is 9.15 Å². The van der Waals surface area contributed by atoms with E-state index in [9.17, 15) is 9.59 Å². The monoisotopic (exact) mass is 383 g/mol. The van der Waals surface area contributed by atoms with Crippen molar-refractivity contribution in [2.24, 2.45) is 0 Å². The van der Waals surface area contributed by atoms with Gasteiger partial charge in [-0.3, -0.25) is 9.59 Å². The van der Waals surface area contributed by atoms with Gasteiger partial charge in [0, 0.05) is 18.8 Å². The van der Waals surface area contributed by atoms with Crippen LogP contribution in [0.1, 0.15) is 36.7 Å². The summed E-state index contributed by atoms with van der Waals surface area (Å²) in [5.74, 6) is 0.502. The number of likely N-dealkylation sites (tertiary alicyclic amines) is 1. The summed E-state index contributed by atoms with van der Waals surface area (Å²) in [6, 6.07) is 8.62. The van der Waals surface area contributed by atoms with Crippen LogP contribution in [0.4, 0.5) is 11.4 Å². The number of piperidine rings is 1. The first kappa shape index (κ1) is 18.6. The smallest absolute Gasteiger partial charge is 0.291 e. The van der Waals surface area contributed by atoms with E-state index >= 15 is 0 Å². The fourth-order valence-electron chi connectivity index (χ4n) is 3.74. The molecule has 28 heavy (non-hydrogen) atoms. The van der Waals surface area contributed by atoms with E-state index in [0.717, 1.165) is 19.6 Å².